The molecule has 0 amide bonds. The first-order valence-corrected chi connectivity index (χ1v) is 7.19. The number of ether oxygens (including phenoxy) is 2. The van der Waals surface area contributed by atoms with Gasteiger partial charge in [0, 0.05) is 5.56 Å². The predicted molar refractivity (Wildman–Crippen MR) is 77.2 cm³/mol. The van der Waals surface area contributed by atoms with Gasteiger partial charge in [0.15, 0.2) is 17.3 Å². The molecule has 0 unspecified atom stereocenters. The lowest BCUT2D eigenvalue weighted by Crippen LogP contribution is -2.36. The Morgan fingerprint density at radius 1 is 1.14 bits per heavy atom. The van der Waals surface area contributed by atoms with Crippen LogP contribution < -0.4 is 15.2 Å². The Kier molecular flexibility index (Phi) is 3.55. The van der Waals surface area contributed by atoms with Crippen LogP contribution in [0, 0.1) is 0 Å². The summed E-state index contributed by atoms with van der Waals surface area (Å²) in [7, 11) is 0. The number of nitrogens with two attached hydrogens (primary N) is 1. The molecule has 112 valence electrons. The molecule has 0 spiro atoms. The average Bonchev–Trinajstić information content (AvgIpc) is 3.04. The third-order valence-corrected chi connectivity index (χ3v) is 3.92. The molecule has 0 saturated heterocycles. The van der Waals surface area contributed by atoms with Crippen molar-refractivity contribution in [3.05, 3.63) is 24.0 Å². The number of benzene rings is 1. The number of rotatable bonds is 4. The molecule has 2 aromatic rings. The summed E-state index contributed by atoms with van der Waals surface area (Å²) in [6, 6.07) is 5.58. The maximum Gasteiger partial charge on any atom is 0.258 e. The van der Waals surface area contributed by atoms with Gasteiger partial charge in [0.25, 0.3) is 5.89 Å². The molecule has 3 rings (SSSR count). The third-order valence-electron chi connectivity index (χ3n) is 3.92. The van der Waals surface area contributed by atoms with Crippen LogP contribution >= 0.6 is 0 Å². The molecule has 2 N–H and O–H groups in total. The van der Waals surface area contributed by atoms with Gasteiger partial charge in [-0.25, -0.2) is 0 Å². The number of aromatic nitrogens is 2. The summed E-state index contributed by atoms with van der Waals surface area (Å²) in [6.07, 6.45) is 1.51. The van der Waals surface area contributed by atoms with Crippen molar-refractivity contribution in [1.29, 1.82) is 0 Å². The van der Waals surface area contributed by atoms with E-state index in [9.17, 15) is 0 Å². The summed E-state index contributed by atoms with van der Waals surface area (Å²) in [6.45, 7) is 5.15. The van der Waals surface area contributed by atoms with E-state index in [2.05, 4.69) is 10.1 Å². The fraction of sp³-hybridized carbons (Fsp3) is 0.467. The van der Waals surface area contributed by atoms with Crippen molar-refractivity contribution in [2.75, 3.05) is 13.2 Å². The highest BCUT2D eigenvalue weighted by molar-refractivity contribution is 5.60. The highest BCUT2D eigenvalue weighted by Gasteiger charge is 2.29. The second-order valence-corrected chi connectivity index (χ2v) is 5.14. The summed E-state index contributed by atoms with van der Waals surface area (Å²) >= 11 is 0. The topological polar surface area (TPSA) is 83.4 Å². The standard InChI is InChI=1S/C15H19N3O3/c1-3-15(16,4-2)14-17-13(21-18-14)10-5-6-11-12(9-10)20-8-7-19-11/h5-6,9H,3-4,7-8,16H2,1-2H3. The Hall–Kier alpha value is -2.08. The van der Waals surface area contributed by atoms with Gasteiger partial charge in [0.1, 0.15) is 13.2 Å². The van der Waals surface area contributed by atoms with Crippen LogP contribution in [0.1, 0.15) is 32.5 Å². The van der Waals surface area contributed by atoms with Gasteiger partial charge in [-0.05, 0) is 31.0 Å². The van der Waals surface area contributed by atoms with E-state index in [-0.39, 0.29) is 0 Å². The van der Waals surface area contributed by atoms with Crippen molar-refractivity contribution < 1.29 is 14.0 Å². The van der Waals surface area contributed by atoms with Gasteiger partial charge in [0.2, 0.25) is 0 Å². The van der Waals surface area contributed by atoms with Crippen LogP contribution in [0.4, 0.5) is 0 Å². The quantitative estimate of drug-likeness (QED) is 0.931. The first kappa shape index (κ1) is 13.9. The van der Waals surface area contributed by atoms with E-state index in [1.807, 2.05) is 32.0 Å². The summed E-state index contributed by atoms with van der Waals surface area (Å²) < 4.78 is 16.4. The average molecular weight is 289 g/mol. The summed E-state index contributed by atoms with van der Waals surface area (Å²) in [5.74, 6) is 2.42. The van der Waals surface area contributed by atoms with Crippen LogP contribution in [-0.2, 0) is 5.54 Å². The summed E-state index contributed by atoms with van der Waals surface area (Å²) in [5.41, 5.74) is 6.54. The Bertz CT molecular complexity index is 635. The smallest absolute Gasteiger partial charge is 0.258 e. The highest BCUT2D eigenvalue weighted by atomic mass is 16.6. The van der Waals surface area contributed by atoms with E-state index in [1.165, 1.54) is 0 Å². The van der Waals surface area contributed by atoms with Crippen LogP contribution in [0.5, 0.6) is 11.5 Å². The van der Waals surface area contributed by atoms with Crippen molar-refractivity contribution in [3.8, 4) is 23.0 Å². The number of nitrogens with zero attached hydrogens (tertiary/aromatic N) is 2. The minimum Gasteiger partial charge on any atom is -0.486 e. The van der Waals surface area contributed by atoms with Crippen molar-refractivity contribution in [3.63, 3.8) is 0 Å². The van der Waals surface area contributed by atoms with Crippen molar-refractivity contribution in [2.24, 2.45) is 5.73 Å². The van der Waals surface area contributed by atoms with Gasteiger partial charge in [-0.15, -0.1) is 0 Å². The molecule has 0 atom stereocenters. The van der Waals surface area contributed by atoms with Crippen molar-refractivity contribution in [2.45, 2.75) is 32.2 Å². The Labute approximate surface area is 123 Å². The molecule has 6 heteroatoms. The number of hydrogen-bond acceptors (Lipinski definition) is 6. The van der Waals surface area contributed by atoms with Gasteiger partial charge in [-0.2, -0.15) is 4.98 Å². The minimum absolute atomic E-state index is 0.443. The maximum atomic E-state index is 6.29. The van der Waals surface area contributed by atoms with E-state index < -0.39 is 5.54 Å². The van der Waals surface area contributed by atoms with E-state index in [1.54, 1.807) is 0 Å². The Morgan fingerprint density at radius 2 is 1.86 bits per heavy atom. The number of fused-ring (bicyclic) bond motifs is 1. The molecule has 2 heterocycles. The maximum absolute atomic E-state index is 6.29. The molecule has 0 aliphatic carbocycles. The molecular formula is C15H19N3O3. The zero-order valence-electron chi connectivity index (χ0n) is 12.3. The molecule has 6 nitrogen and oxygen atoms in total. The Balaban J connectivity index is 1.93. The fourth-order valence-electron chi connectivity index (χ4n) is 2.29. The Morgan fingerprint density at radius 3 is 2.57 bits per heavy atom. The first-order valence-electron chi connectivity index (χ1n) is 7.19. The largest absolute Gasteiger partial charge is 0.486 e. The normalized spacial score (nSPS) is 14.2. The van der Waals surface area contributed by atoms with Crippen molar-refractivity contribution >= 4 is 0 Å². The molecular weight excluding hydrogens is 270 g/mol. The molecule has 0 bridgehead atoms. The van der Waals surface area contributed by atoms with Gasteiger partial charge >= 0.3 is 0 Å². The molecule has 21 heavy (non-hydrogen) atoms. The van der Waals surface area contributed by atoms with E-state index in [0.717, 1.165) is 24.2 Å². The zero-order valence-corrected chi connectivity index (χ0v) is 12.3. The predicted octanol–water partition coefficient (Wildman–Crippen LogP) is 2.48. The van der Waals surface area contributed by atoms with E-state index in [4.69, 9.17) is 19.7 Å². The van der Waals surface area contributed by atoms with Crippen LogP contribution in [-0.4, -0.2) is 23.4 Å². The molecule has 1 aliphatic rings. The lowest BCUT2D eigenvalue weighted by Gasteiger charge is -2.21. The second kappa shape index (κ2) is 5.37. The van der Waals surface area contributed by atoms with Gasteiger partial charge in [0.05, 0.1) is 5.54 Å². The molecule has 0 fully saturated rings. The van der Waals surface area contributed by atoms with Crippen molar-refractivity contribution in [1.82, 2.24) is 10.1 Å². The van der Waals surface area contributed by atoms with Gasteiger partial charge in [-0.3, -0.25) is 0 Å². The van der Waals surface area contributed by atoms with Crippen LogP contribution in [0.3, 0.4) is 0 Å². The van der Waals surface area contributed by atoms with E-state index >= 15 is 0 Å². The summed E-state index contributed by atoms with van der Waals surface area (Å²) in [5, 5.41) is 4.04. The lowest BCUT2D eigenvalue weighted by molar-refractivity contribution is 0.171. The third kappa shape index (κ3) is 2.47. The molecule has 1 aliphatic heterocycles. The molecule has 0 radical (unpaired) electrons. The molecule has 0 saturated carbocycles. The monoisotopic (exact) mass is 289 g/mol. The number of hydrogen-bond donors (Lipinski definition) is 1. The first-order chi connectivity index (χ1) is 10.2. The lowest BCUT2D eigenvalue weighted by atomic mass is 9.93. The molecule has 1 aromatic carbocycles. The van der Waals surface area contributed by atoms with Gasteiger partial charge in [-0.1, -0.05) is 19.0 Å². The fourth-order valence-corrected chi connectivity index (χ4v) is 2.29. The zero-order chi connectivity index (χ0) is 14.9. The van der Waals surface area contributed by atoms with Crippen LogP contribution in [0.25, 0.3) is 11.5 Å². The minimum atomic E-state index is -0.546. The van der Waals surface area contributed by atoms with E-state index in [0.29, 0.717) is 30.7 Å². The SMILES string of the molecule is CCC(N)(CC)c1noc(-c2ccc3c(c2)OCCO3)n1. The van der Waals surface area contributed by atoms with Crippen LogP contribution in [0.15, 0.2) is 22.7 Å². The van der Waals surface area contributed by atoms with Gasteiger partial charge < -0.3 is 19.7 Å². The summed E-state index contributed by atoms with van der Waals surface area (Å²) in [4.78, 5) is 4.44. The van der Waals surface area contributed by atoms with Crippen LogP contribution in [0.2, 0.25) is 0 Å². The molecule has 1 aromatic heterocycles. The highest BCUT2D eigenvalue weighted by Crippen LogP contribution is 2.34. The second-order valence-electron chi connectivity index (χ2n) is 5.14.